The molecule has 0 saturated heterocycles. The van der Waals surface area contributed by atoms with Gasteiger partial charge in [0.15, 0.2) is 6.10 Å². The summed E-state index contributed by atoms with van der Waals surface area (Å²) in [7, 11) is 1.35. The number of carbonyl (C=O) groups excluding carboxylic acids is 3. The highest BCUT2D eigenvalue weighted by atomic mass is 35.5. The van der Waals surface area contributed by atoms with Gasteiger partial charge in [-0.3, -0.25) is 10.1 Å². The van der Waals surface area contributed by atoms with E-state index in [2.05, 4.69) is 5.32 Å². The third kappa shape index (κ3) is 4.40. The Morgan fingerprint density at radius 1 is 1.25 bits per heavy atom. The molecule has 0 aliphatic carbocycles. The minimum absolute atomic E-state index is 0.0793. The Morgan fingerprint density at radius 2 is 1.90 bits per heavy atom. The second-order valence-electron chi connectivity index (χ2n) is 3.74. The largest absolute Gasteiger partial charge is 0.449 e. The van der Waals surface area contributed by atoms with E-state index in [1.165, 1.54) is 32.2 Å². The summed E-state index contributed by atoms with van der Waals surface area (Å²) in [6.45, 7) is 1.33. The number of carbonyl (C=O) groups is 3. The molecule has 1 atom stereocenters. The third-order valence-corrected chi connectivity index (χ3v) is 2.82. The topological polar surface area (TPSA) is 84.5 Å². The number of hydrogen-bond acceptors (Lipinski definition) is 4. The highest BCUT2D eigenvalue weighted by molar-refractivity contribution is 6.36. The maximum atomic E-state index is 11.8. The fourth-order valence-electron chi connectivity index (χ4n) is 1.21. The number of amides is 3. The molecule has 0 fully saturated rings. The van der Waals surface area contributed by atoms with E-state index in [1.54, 1.807) is 0 Å². The highest BCUT2D eigenvalue weighted by Crippen LogP contribution is 2.22. The summed E-state index contributed by atoms with van der Waals surface area (Å²) in [5.74, 6) is -1.53. The second kappa shape index (κ2) is 7.12. The number of hydrogen-bond donors (Lipinski definition) is 2. The van der Waals surface area contributed by atoms with E-state index >= 15 is 0 Å². The van der Waals surface area contributed by atoms with Crippen molar-refractivity contribution in [1.29, 1.82) is 0 Å². The number of rotatable bonds is 3. The van der Waals surface area contributed by atoms with Gasteiger partial charge >= 0.3 is 12.0 Å². The van der Waals surface area contributed by atoms with Crippen molar-refractivity contribution >= 4 is 41.1 Å². The number of urea groups is 1. The van der Waals surface area contributed by atoms with Crippen molar-refractivity contribution in [2.24, 2.45) is 0 Å². The number of halogens is 2. The van der Waals surface area contributed by atoms with Crippen molar-refractivity contribution in [1.82, 2.24) is 10.6 Å². The van der Waals surface area contributed by atoms with Crippen LogP contribution in [0.5, 0.6) is 0 Å². The summed E-state index contributed by atoms with van der Waals surface area (Å²) in [5.41, 5.74) is 0.0793. The number of esters is 1. The van der Waals surface area contributed by atoms with Gasteiger partial charge in [-0.05, 0) is 25.1 Å². The molecule has 0 bridgehead atoms. The quantitative estimate of drug-likeness (QED) is 0.835. The molecule has 0 spiro atoms. The maximum absolute atomic E-state index is 11.8. The van der Waals surface area contributed by atoms with Crippen LogP contribution in [0.1, 0.15) is 17.3 Å². The molecule has 20 heavy (non-hydrogen) atoms. The van der Waals surface area contributed by atoms with Gasteiger partial charge in [0.2, 0.25) is 0 Å². The number of imide groups is 1. The van der Waals surface area contributed by atoms with Crippen molar-refractivity contribution in [2.45, 2.75) is 13.0 Å². The van der Waals surface area contributed by atoms with Crippen molar-refractivity contribution in [2.75, 3.05) is 7.05 Å². The summed E-state index contributed by atoms with van der Waals surface area (Å²) >= 11 is 11.6. The van der Waals surface area contributed by atoms with Crippen LogP contribution in [0, 0.1) is 0 Å². The van der Waals surface area contributed by atoms with Gasteiger partial charge in [0.1, 0.15) is 0 Å². The zero-order valence-electron chi connectivity index (χ0n) is 10.7. The summed E-state index contributed by atoms with van der Waals surface area (Å²) < 4.78 is 4.91. The molecule has 0 heterocycles. The Kier molecular flexibility index (Phi) is 5.79. The number of ether oxygens (including phenoxy) is 1. The van der Waals surface area contributed by atoms with Gasteiger partial charge in [-0.2, -0.15) is 0 Å². The summed E-state index contributed by atoms with van der Waals surface area (Å²) in [6, 6.07) is 3.55. The molecule has 1 aromatic carbocycles. The zero-order valence-corrected chi connectivity index (χ0v) is 12.2. The number of nitrogens with one attached hydrogen (secondary N) is 2. The normalized spacial score (nSPS) is 11.4. The van der Waals surface area contributed by atoms with Crippen molar-refractivity contribution < 1.29 is 19.1 Å². The van der Waals surface area contributed by atoms with E-state index in [4.69, 9.17) is 27.9 Å². The van der Waals surface area contributed by atoms with Gasteiger partial charge in [0.25, 0.3) is 5.91 Å². The smallest absolute Gasteiger partial charge is 0.340 e. The average Bonchev–Trinajstić information content (AvgIpc) is 2.37. The summed E-state index contributed by atoms with van der Waals surface area (Å²) in [5, 5.41) is 4.68. The van der Waals surface area contributed by atoms with E-state index in [9.17, 15) is 14.4 Å². The Bertz CT molecular complexity index is 548. The van der Waals surface area contributed by atoms with E-state index in [0.717, 1.165) is 0 Å². The molecule has 0 unspecified atom stereocenters. The SMILES string of the molecule is CNC(=O)NC(=O)[C@H](C)OC(=O)c1ccc(Cl)cc1Cl. The molecule has 0 aliphatic heterocycles. The molecule has 0 radical (unpaired) electrons. The van der Waals surface area contributed by atoms with Gasteiger partial charge in [0, 0.05) is 12.1 Å². The summed E-state index contributed by atoms with van der Waals surface area (Å²) in [6.07, 6.45) is -1.15. The molecule has 0 aliphatic rings. The van der Waals surface area contributed by atoms with Crippen molar-refractivity contribution in [3.8, 4) is 0 Å². The lowest BCUT2D eigenvalue weighted by molar-refractivity contribution is -0.127. The van der Waals surface area contributed by atoms with E-state index < -0.39 is 24.0 Å². The monoisotopic (exact) mass is 318 g/mol. The Labute approximate surface area is 125 Å². The molecule has 0 aromatic heterocycles. The van der Waals surface area contributed by atoms with Crippen LogP contribution >= 0.6 is 23.2 Å². The predicted molar refractivity (Wildman–Crippen MR) is 73.9 cm³/mol. The molecule has 3 amide bonds. The van der Waals surface area contributed by atoms with Crippen LogP contribution in [-0.2, 0) is 9.53 Å². The van der Waals surface area contributed by atoms with E-state index in [0.29, 0.717) is 5.02 Å². The molecular weight excluding hydrogens is 307 g/mol. The first-order valence-electron chi connectivity index (χ1n) is 5.53. The first-order chi connectivity index (χ1) is 9.35. The lowest BCUT2D eigenvalue weighted by Crippen LogP contribution is -2.43. The first-order valence-corrected chi connectivity index (χ1v) is 6.29. The lowest BCUT2D eigenvalue weighted by atomic mass is 10.2. The molecule has 8 heteroatoms. The van der Waals surface area contributed by atoms with Gasteiger partial charge in [-0.15, -0.1) is 0 Å². The van der Waals surface area contributed by atoms with Crippen LogP contribution < -0.4 is 10.6 Å². The molecule has 2 N–H and O–H groups in total. The zero-order chi connectivity index (χ0) is 15.3. The van der Waals surface area contributed by atoms with Crippen molar-refractivity contribution in [3.05, 3.63) is 33.8 Å². The fourth-order valence-corrected chi connectivity index (χ4v) is 1.69. The molecule has 1 rings (SSSR count). The summed E-state index contributed by atoms with van der Waals surface area (Å²) in [4.78, 5) is 34.3. The van der Waals surface area contributed by atoms with Crippen LogP contribution in [0.15, 0.2) is 18.2 Å². The van der Waals surface area contributed by atoms with Gasteiger partial charge < -0.3 is 10.1 Å². The first kappa shape index (κ1) is 16.3. The van der Waals surface area contributed by atoms with E-state index in [1.807, 2.05) is 5.32 Å². The minimum atomic E-state index is -1.15. The van der Waals surface area contributed by atoms with Crippen LogP contribution in [0.2, 0.25) is 10.0 Å². The third-order valence-electron chi connectivity index (χ3n) is 2.27. The van der Waals surface area contributed by atoms with Crippen LogP contribution in [0.25, 0.3) is 0 Å². The molecule has 6 nitrogen and oxygen atoms in total. The average molecular weight is 319 g/mol. The van der Waals surface area contributed by atoms with Gasteiger partial charge in [-0.25, -0.2) is 9.59 Å². The second-order valence-corrected chi connectivity index (χ2v) is 4.58. The lowest BCUT2D eigenvalue weighted by Gasteiger charge is -2.13. The fraction of sp³-hybridized carbons (Fsp3) is 0.250. The predicted octanol–water partition coefficient (Wildman–Crippen LogP) is 1.99. The Morgan fingerprint density at radius 3 is 2.45 bits per heavy atom. The molecule has 108 valence electrons. The molecule has 1 aromatic rings. The standard InChI is InChI=1S/C12H12Cl2N2O4/c1-6(10(17)16-12(19)15-2)20-11(18)8-4-3-7(13)5-9(8)14/h3-6H,1-2H3,(H2,15,16,17,19)/t6-/m0/s1. The van der Waals surface area contributed by atoms with Gasteiger partial charge in [0.05, 0.1) is 10.6 Å². The molecular formula is C12H12Cl2N2O4. The van der Waals surface area contributed by atoms with Crippen molar-refractivity contribution in [3.63, 3.8) is 0 Å². The minimum Gasteiger partial charge on any atom is -0.449 e. The highest BCUT2D eigenvalue weighted by Gasteiger charge is 2.21. The maximum Gasteiger partial charge on any atom is 0.340 e. The number of benzene rings is 1. The van der Waals surface area contributed by atoms with Crippen LogP contribution in [-0.4, -0.2) is 31.1 Å². The van der Waals surface area contributed by atoms with Gasteiger partial charge in [-0.1, -0.05) is 23.2 Å². The molecule has 0 saturated carbocycles. The van der Waals surface area contributed by atoms with Crippen LogP contribution in [0.3, 0.4) is 0 Å². The Balaban J connectivity index is 2.70. The van der Waals surface area contributed by atoms with Crippen LogP contribution in [0.4, 0.5) is 4.79 Å². The van der Waals surface area contributed by atoms with E-state index in [-0.39, 0.29) is 10.6 Å². The Hall–Kier alpha value is -1.79.